The molecule has 0 saturated carbocycles. The third-order valence-electron chi connectivity index (χ3n) is 8.58. The molecular formula is C40H32N4S. The quantitative estimate of drug-likeness (QED) is 0.184. The van der Waals surface area contributed by atoms with E-state index in [9.17, 15) is 0 Å². The predicted octanol–water partition coefficient (Wildman–Crippen LogP) is 11.2. The summed E-state index contributed by atoms with van der Waals surface area (Å²) < 4.78 is 2.33. The van der Waals surface area contributed by atoms with Gasteiger partial charge < -0.3 is 0 Å². The molecule has 0 radical (unpaired) electrons. The first-order valence-electron chi connectivity index (χ1n) is 15.5. The van der Waals surface area contributed by atoms with E-state index in [1.807, 2.05) is 18.2 Å². The van der Waals surface area contributed by atoms with Gasteiger partial charge in [0, 0.05) is 43.4 Å². The van der Waals surface area contributed by atoms with E-state index in [4.69, 9.17) is 19.9 Å². The topological polar surface area (TPSA) is 51.6 Å². The Morgan fingerprint density at radius 3 is 1.98 bits per heavy atom. The van der Waals surface area contributed by atoms with Crippen LogP contribution in [0.25, 0.3) is 75.9 Å². The molecule has 45 heavy (non-hydrogen) atoms. The van der Waals surface area contributed by atoms with Gasteiger partial charge in [0.1, 0.15) is 0 Å². The zero-order valence-corrected chi connectivity index (χ0v) is 26.6. The van der Waals surface area contributed by atoms with Gasteiger partial charge in [-0.25, -0.2) is 9.97 Å². The molecule has 0 fully saturated rings. The van der Waals surface area contributed by atoms with Gasteiger partial charge in [0.25, 0.3) is 0 Å². The van der Waals surface area contributed by atoms with Crippen LogP contribution in [0.1, 0.15) is 50.9 Å². The summed E-state index contributed by atoms with van der Waals surface area (Å²) in [5, 5.41) is 3.40. The van der Waals surface area contributed by atoms with Crippen molar-refractivity contribution in [3.63, 3.8) is 0 Å². The zero-order chi connectivity index (χ0) is 30.7. The minimum absolute atomic E-state index is 0.287. The molecule has 8 aromatic rings. The van der Waals surface area contributed by atoms with E-state index in [2.05, 4.69) is 119 Å². The number of aromatic nitrogens is 4. The molecule has 0 N–H and O–H groups in total. The van der Waals surface area contributed by atoms with Crippen molar-refractivity contribution in [3.05, 3.63) is 121 Å². The first kappa shape index (κ1) is 27.5. The van der Waals surface area contributed by atoms with Crippen molar-refractivity contribution in [1.82, 2.24) is 19.9 Å². The minimum atomic E-state index is 0.287. The normalized spacial score (nSPS) is 12.0. The highest BCUT2D eigenvalue weighted by atomic mass is 32.1. The van der Waals surface area contributed by atoms with E-state index in [1.54, 1.807) is 11.3 Å². The second-order valence-corrected chi connectivity index (χ2v) is 13.3. The van der Waals surface area contributed by atoms with Gasteiger partial charge in [-0.15, -0.1) is 11.3 Å². The van der Waals surface area contributed by atoms with E-state index in [-0.39, 0.29) is 5.92 Å². The van der Waals surface area contributed by atoms with Crippen LogP contribution in [0.5, 0.6) is 0 Å². The highest BCUT2D eigenvalue weighted by molar-refractivity contribution is 7.26. The van der Waals surface area contributed by atoms with Crippen LogP contribution >= 0.6 is 11.3 Å². The Hall–Kier alpha value is -5.00. The Morgan fingerprint density at radius 2 is 1.20 bits per heavy atom. The van der Waals surface area contributed by atoms with Crippen LogP contribution < -0.4 is 0 Å². The van der Waals surface area contributed by atoms with Crippen molar-refractivity contribution in [2.24, 2.45) is 0 Å². The van der Waals surface area contributed by atoms with Crippen molar-refractivity contribution in [2.75, 3.05) is 0 Å². The van der Waals surface area contributed by atoms with Gasteiger partial charge in [0.05, 0.1) is 26.9 Å². The number of rotatable bonds is 5. The van der Waals surface area contributed by atoms with Crippen LogP contribution in [0.15, 0.2) is 109 Å². The monoisotopic (exact) mass is 600 g/mol. The number of nitrogens with zero attached hydrogens (tertiary/aromatic N) is 4. The molecule has 4 aromatic heterocycles. The number of thiophene rings is 1. The second kappa shape index (κ2) is 10.9. The summed E-state index contributed by atoms with van der Waals surface area (Å²) in [6.07, 6.45) is 0. The molecule has 0 bridgehead atoms. The smallest absolute Gasteiger partial charge is 0.160 e. The summed E-state index contributed by atoms with van der Waals surface area (Å²) in [6, 6.07) is 38.5. The summed E-state index contributed by atoms with van der Waals surface area (Å²) in [5.41, 5.74) is 10.5. The van der Waals surface area contributed by atoms with Crippen molar-refractivity contribution in [2.45, 2.75) is 39.5 Å². The Balaban J connectivity index is 1.31. The molecule has 5 heteroatoms. The highest BCUT2D eigenvalue weighted by Crippen LogP contribution is 2.40. The summed E-state index contributed by atoms with van der Waals surface area (Å²) in [4.78, 5) is 20.5. The van der Waals surface area contributed by atoms with Crippen LogP contribution in [0.4, 0.5) is 0 Å². The van der Waals surface area contributed by atoms with Crippen molar-refractivity contribution in [1.29, 1.82) is 0 Å². The second-order valence-electron chi connectivity index (χ2n) is 12.3. The molecule has 8 rings (SSSR count). The maximum atomic E-state index is 5.17. The highest BCUT2D eigenvalue weighted by Gasteiger charge is 2.18. The number of hydrogen-bond donors (Lipinski definition) is 0. The standard InChI is InChI=1S/C40H32N4S/c1-23(2)32-21-19-26-18-20-29-31(22-33(24(3)4)42-37(29)35(26)41-32)25-14-16-27(17-15-25)36-39-38(30-12-8-9-13-34(30)45-39)44-40(43-36)28-10-6-5-7-11-28/h5-24H,1-4H3. The third kappa shape index (κ3) is 4.75. The Morgan fingerprint density at radius 1 is 0.511 bits per heavy atom. The van der Waals surface area contributed by atoms with Crippen LogP contribution in [-0.4, -0.2) is 19.9 Å². The first-order chi connectivity index (χ1) is 21.9. The van der Waals surface area contributed by atoms with Crippen molar-refractivity contribution < 1.29 is 0 Å². The van der Waals surface area contributed by atoms with Gasteiger partial charge in [-0.05, 0) is 41.2 Å². The predicted molar refractivity (Wildman–Crippen MR) is 190 cm³/mol. The van der Waals surface area contributed by atoms with E-state index in [1.165, 1.54) is 15.6 Å². The molecule has 0 unspecified atom stereocenters. The fourth-order valence-corrected chi connectivity index (χ4v) is 7.23. The molecule has 0 aliphatic heterocycles. The average molecular weight is 601 g/mol. The molecule has 0 atom stereocenters. The number of fused-ring (bicyclic) bond motifs is 6. The fourth-order valence-electron chi connectivity index (χ4n) is 6.07. The molecule has 4 heterocycles. The fraction of sp³-hybridized carbons (Fsp3) is 0.150. The number of benzene rings is 4. The van der Waals surface area contributed by atoms with Gasteiger partial charge in [-0.1, -0.05) is 119 Å². The zero-order valence-electron chi connectivity index (χ0n) is 25.7. The first-order valence-corrected chi connectivity index (χ1v) is 16.4. The van der Waals surface area contributed by atoms with Crippen LogP contribution in [-0.2, 0) is 0 Å². The maximum absolute atomic E-state index is 5.17. The molecule has 0 aliphatic rings. The molecule has 4 aromatic carbocycles. The Bertz CT molecular complexity index is 2370. The Labute approximate surface area is 266 Å². The summed E-state index contributed by atoms with van der Waals surface area (Å²) in [6.45, 7) is 8.78. The van der Waals surface area contributed by atoms with Gasteiger partial charge >= 0.3 is 0 Å². The molecule has 4 nitrogen and oxygen atoms in total. The number of pyridine rings is 2. The Kier molecular flexibility index (Phi) is 6.65. The van der Waals surface area contributed by atoms with E-state index >= 15 is 0 Å². The lowest BCUT2D eigenvalue weighted by atomic mass is 9.95. The van der Waals surface area contributed by atoms with Gasteiger partial charge in [0.15, 0.2) is 5.82 Å². The summed E-state index contributed by atoms with van der Waals surface area (Å²) in [7, 11) is 0. The number of hydrogen-bond acceptors (Lipinski definition) is 5. The van der Waals surface area contributed by atoms with E-state index in [0.29, 0.717) is 5.92 Å². The molecule has 218 valence electrons. The van der Waals surface area contributed by atoms with Gasteiger partial charge in [-0.2, -0.15) is 0 Å². The van der Waals surface area contributed by atoms with E-state index < -0.39 is 0 Å². The van der Waals surface area contributed by atoms with Crippen molar-refractivity contribution in [3.8, 4) is 33.8 Å². The van der Waals surface area contributed by atoms with Crippen LogP contribution in [0.2, 0.25) is 0 Å². The molecule has 0 amide bonds. The average Bonchev–Trinajstić information content (AvgIpc) is 3.46. The van der Waals surface area contributed by atoms with Crippen LogP contribution in [0, 0.1) is 0 Å². The van der Waals surface area contributed by atoms with E-state index in [0.717, 1.165) is 71.6 Å². The summed E-state index contributed by atoms with van der Waals surface area (Å²) in [5.74, 6) is 1.38. The molecular weight excluding hydrogens is 569 g/mol. The SMILES string of the molecule is CC(C)c1ccc2ccc3c(-c4ccc(-c5nc(-c6ccccc6)nc6c5sc5ccccc56)cc4)cc(C(C)C)nc3c2n1. The largest absolute Gasteiger partial charge is 0.250 e. The molecule has 0 saturated heterocycles. The van der Waals surface area contributed by atoms with Gasteiger partial charge in [-0.3, -0.25) is 9.97 Å². The lowest BCUT2D eigenvalue weighted by Crippen LogP contribution is -1.99. The molecule has 0 spiro atoms. The lowest BCUT2D eigenvalue weighted by Gasteiger charge is -2.15. The molecule has 0 aliphatic carbocycles. The maximum Gasteiger partial charge on any atom is 0.160 e. The van der Waals surface area contributed by atoms with Crippen LogP contribution in [0.3, 0.4) is 0 Å². The van der Waals surface area contributed by atoms with Crippen molar-refractivity contribution >= 4 is 53.4 Å². The summed E-state index contributed by atoms with van der Waals surface area (Å²) >= 11 is 1.76. The lowest BCUT2D eigenvalue weighted by molar-refractivity contribution is 0.826. The minimum Gasteiger partial charge on any atom is -0.250 e. The third-order valence-corrected chi connectivity index (χ3v) is 9.75. The van der Waals surface area contributed by atoms with Gasteiger partial charge in [0.2, 0.25) is 0 Å².